The van der Waals surface area contributed by atoms with Crippen LogP contribution < -0.4 is 0 Å². The van der Waals surface area contributed by atoms with Crippen LogP contribution in [0.15, 0.2) is 23.8 Å². The van der Waals surface area contributed by atoms with Gasteiger partial charge in [-0.1, -0.05) is 32.1 Å². The van der Waals surface area contributed by atoms with Crippen molar-refractivity contribution in [2.75, 3.05) is 0 Å². The molecule has 1 aliphatic heterocycles. The molecule has 3 nitrogen and oxygen atoms in total. The van der Waals surface area contributed by atoms with Crippen LogP contribution in [-0.4, -0.2) is 22.8 Å². The molecule has 0 amide bonds. The number of hydrogen-bond donors (Lipinski definition) is 1. The maximum atomic E-state index is 12.1. The molecule has 1 spiro atoms. The molecular weight excluding hydrogens is 324 g/mol. The summed E-state index contributed by atoms with van der Waals surface area (Å²) in [5.41, 5.74) is 2.28. The molecule has 7 atom stereocenters. The zero-order valence-corrected chi connectivity index (χ0v) is 16.2. The van der Waals surface area contributed by atoms with Gasteiger partial charge in [-0.2, -0.15) is 0 Å². The highest BCUT2D eigenvalue weighted by Gasteiger charge is 2.67. The lowest BCUT2D eigenvalue weighted by Crippen LogP contribution is -2.54. The second-order valence-electron chi connectivity index (χ2n) is 10.3. The predicted octanol–water partition coefficient (Wildman–Crippen LogP) is 4.55. The normalized spacial score (nSPS) is 53.0. The molecule has 1 saturated heterocycles. The van der Waals surface area contributed by atoms with Gasteiger partial charge < -0.3 is 9.84 Å². The highest BCUT2D eigenvalue weighted by molar-refractivity contribution is 5.90. The van der Waals surface area contributed by atoms with E-state index in [1.54, 1.807) is 0 Å². The monoisotopic (exact) mass is 356 g/mol. The first-order valence-corrected chi connectivity index (χ1v) is 10.6. The van der Waals surface area contributed by atoms with Crippen LogP contribution in [0.25, 0.3) is 0 Å². The number of hydrogen-bond acceptors (Lipinski definition) is 3. The molecule has 5 aliphatic rings. The van der Waals surface area contributed by atoms with Crippen LogP contribution in [0.1, 0.15) is 71.6 Å². The van der Waals surface area contributed by atoms with E-state index in [-0.39, 0.29) is 28.5 Å². The minimum Gasteiger partial charge on any atom is -0.455 e. The number of aliphatic hydroxyl groups excluding tert-OH is 1. The Labute approximate surface area is 156 Å². The van der Waals surface area contributed by atoms with Gasteiger partial charge in [-0.3, -0.25) is 0 Å². The van der Waals surface area contributed by atoms with Crippen molar-refractivity contribution < 1.29 is 14.6 Å². The summed E-state index contributed by atoms with van der Waals surface area (Å²) in [6.07, 6.45) is 11.7. The van der Waals surface area contributed by atoms with Gasteiger partial charge in [-0.05, 0) is 74.5 Å². The van der Waals surface area contributed by atoms with E-state index in [0.717, 1.165) is 50.9 Å². The van der Waals surface area contributed by atoms with Crippen LogP contribution in [0.4, 0.5) is 0 Å². The van der Waals surface area contributed by atoms with Crippen molar-refractivity contribution in [3.8, 4) is 0 Å². The highest BCUT2D eigenvalue weighted by atomic mass is 16.6. The van der Waals surface area contributed by atoms with E-state index in [0.29, 0.717) is 17.4 Å². The fourth-order valence-electron chi connectivity index (χ4n) is 7.89. The van der Waals surface area contributed by atoms with Crippen LogP contribution in [0.5, 0.6) is 0 Å². The standard InChI is InChI=1S/C23H32O3/c1-14-13-23(26-20(14)25)11-8-19-17-5-4-15-12-16(24)6-9-21(15,2)18(17)7-10-22(19,23)3/h4,16-19,24H,1,5-13H2,2-3H3/t16-,17+,18-,19-,21-,22-,23-/m0/s1. The number of esters is 1. The van der Waals surface area contributed by atoms with Crippen molar-refractivity contribution in [1.29, 1.82) is 0 Å². The number of carbonyl (C=O) groups excluding carboxylic acids is 1. The maximum Gasteiger partial charge on any atom is 0.334 e. The van der Waals surface area contributed by atoms with Gasteiger partial charge >= 0.3 is 5.97 Å². The molecule has 26 heavy (non-hydrogen) atoms. The Morgan fingerprint density at radius 3 is 2.65 bits per heavy atom. The summed E-state index contributed by atoms with van der Waals surface area (Å²) in [6, 6.07) is 0. The summed E-state index contributed by atoms with van der Waals surface area (Å²) >= 11 is 0. The molecule has 5 rings (SSSR count). The molecule has 3 saturated carbocycles. The van der Waals surface area contributed by atoms with E-state index in [9.17, 15) is 9.90 Å². The first kappa shape index (κ1) is 17.0. The molecule has 4 fully saturated rings. The molecule has 0 aromatic rings. The van der Waals surface area contributed by atoms with Gasteiger partial charge in [0.05, 0.1) is 6.10 Å². The molecule has 1 heterocycles. The first-order valence-electron chi connectivity index (χ1n) is 10.6. The van der Waals surface area contributed by atoms with Gasteiger partial charge in [-0.15, -0.1) is 0 Å². The number of carbonyl (C=O) groups is 1. The second-order valence-corrected chi connectivity index (χ2v) is 10.3. The van der Waals surface area contributed by atoms with Gasteiger partial charge in [0.1, 0.15) is 5.60 Å². The van der Waals surface area contributed by atoms with Gasteiger partial charge in [0, 0.05) is 17.4 Å². The minimum atomic E-state index is -0.287. The van der Waals surface area contributed by atoms with Gasteiger partial charge in [-0.25, -0.2) is 4.79 Å². The number of allylic oxidation sites excluding steroid dienone is 1. The van der Waals surface area contributed by atoms with E-state index in [4.69, 9.17) is 4.74 Å². The Hall–Kier alpha value is -1.09. The topological polar surface area (TPSA) is 46.5 Å². The third-order valence-electron chi connectivity index (χ3n) is 9.44. The molecule has 0 radical (unpaired) electrons. The molecule has 0 aromatic heterocycles. The zero-order chi connectivity index (χ0) is 18.3. The van der Waals surface area contributed by atoms with Gasteiger partial charge in [0.2, 0.25) is 0 Å². The third-order valence-corrected chi connectivity index (χ3v) is 9.44. The Kier molecular flexibility index (Phi) is 3.44. The Morgan fingerprint density at radius 2 is 1.92 bits per heavy atom. The van der Waals surface area contributed by atoms with E-state index in [1.165, 1.54) is 18.4 Å². The van der Waals surface area contributed by atoms with Crippen molar-refractivity contribution in [1.82, 2.24) is 0 Å². The average molecular weight is 357 g/mol. The van der Waals surface area contributed by atoms with E-state index < -0.39 is 0 Å². The lowest BCUT2D eigenvalue weighted by molar-refractivity contribution is -0.166. The van der Waals surface area contributed by atoms with Crippen LogP contribution in [-0.2, 0) is 9.53 Å². The second kappa shape index (κ2) is 5.25. The van der Waals surface area contributed by atoms with E-state index >= 15 is 0 Å². The number of aliphatic hydroxyl groups is 1. The fraction of sp³-hybridized carbons (Fsp3) is 0.783. The van der Waals surface area contributed by atoms with Crippen LogP contribution in [0, 0.1) is 28.6 Å². The Bertz CT molecular complexity index is 690. The Morgan fingerprint density at radius 1 is 1.15 bits per heavy atom. The number of ether oxygens (including phenoxy) is 1. The molecule has 1 N–H and O–H groups in total. The van der Waals surface area contributed by atoms with Crippen LogP contribution >= 0.6 is 0 Å². The summed E-state index contributed by atoms with van der Waals surface area (Å²) < 4.78 is 6.03. The van der Waals surface area contributed by atoms with Crippen LogP contribution in [0.3, 0.4) is 0 Å². The smallest absolute Gasteiger partial charge is 0.334 e. The minimum absolute atomic E-state index is 0.0964. The fourth-order valence-corrected chi connectivity index (χ4v) is 7.89. The van der Waals surface area contributed by atoms with E-state index in [2.05, 4.69) is 26.5 Å². The summed E-state index contributed by atoms with van der Waals surface area (Å²) in [5.74, 6) is 1.91. The zero-order valence-electron chi connectivity index (χ0n) is 16.2. The Balaban J connectivity index is 1.49. The van der Waals surface area contributed by atoms with Crippen molar-refractivity contribution in [3.63, 3.8) is 0 Å². The molecule has 0 unspecified atom stereocenters. The molecular formula is C23H32O3. The number of rotatable bonds is 0. The first-order chi connectivity index (χ1) is 12.3. The molecule has 3 heteroatoms. The number of fused-ring (bicyclic) bond motifs is 6. The SMILES string of the molecule is C=C1C[C@]2(CC[C@H]3[C@@H]4CC=C5C[C@@H](O)CC[C@]5(C)[C@H]4CC[C@@]32C)OC1=O. The lowest BCUT2D eigenvalue weighted by Gasteiger charge is -2.58. The maximum absolute atomic E-state index is 12.1. The largest absolute Gasteiger partial charge is 0.455 e. The quantitative estimate of drug-likeness (QED) is 0.393. The summed E-state index contributed by atoms with van der Waals surface area (Å²) in [7, 11) is 0. The predicted molar refractivity (Wildman–Crippen MR) is 100 cm³/mol. The van der Waals surface area contributed by atoms with Crippen molar-refractivity contribution >= 4 is 5.97 Å². The molecule has 0 aromatic carbocycles. The van der Waals surface area contributed by atoms with Gasteiger partial charge in [0.25, 0.3) is 0 Å². The summed E-state index contributed by atoms with van der Waals surface area (Å²) in [5, 5.41) is 10.1. The summed E-state index contributed by atoms with van der Waals surface area (Å²) in [6.45, 7) is 8.84. The van der Waals surface area contributed by atoms with Crippen molar-refractivity contribution in [2.45, 2.75) is 83.3 Å². The summed E-state index contributed by atoms with van der Waals surface area (Å²) in [4.78, 5) is 12.1. The highest BCUT2D eigenvalue weighted by Crippen LogP contribution is 2.69. The van der Waals surface area contributed by atoms with Crippen molar-refractivity contribution in [2.24, 2.45) is 28.6 Å². The average Bonchev–Trinajstić information content (AvgIpc) is 3.05. The molecule has 4 aliphatic carbocycles. The van der Waals surface area contributed by atoms with Crippen LogP contribution in [0.2, 0.25) is 0 Å². The van der Waals surface area contributed by atoms with Crippen molar-refractivity contribution in [3.05, 3.63) is 23.8 Å². The third kappa shape index (κ3) is 1.96. The van der Waals surface area contributed by atoms with E-state index in [1.807, 2.05) is 0 Å². The lowest BCUT2D eigenvalue weighted by atomic mass is 9.47. The molecule has 142 valence electrons. The molecule has 0 bridgehead atoms. The van der Waals surface area contributed by atoms with Gasteiger partial charge in [0.15, 0.2) is 0 Å².